The maximum absolute atomic E-state index is 13.4. The number of anilines is 1. The van der Waals surface area contributed by atoms with Gasteiger partial charge in [-0.2, -0.15) is 0 Å². The maximum atomic E-state index is 13.4. The Morgan fingerprint density at radius 1 is 1.27 bits per heavy atom. The predicted octanol–water partition coefficient (Wildman–Crippen LogP) is 4.39. The average Bonchev–Trinajstić information content (AvgIpc) is 2.49. The van der Waals surface area contributed by atoms with Crippen LogP contribution in [0.4, 0.5) is 10.1 Å². The van der Waals surface area contributed by atoms with Crippen molar-refractivity contribution in [3.8, 4) is 0 Å². The molecule has 0 bridgehead atoms. The molecular weight excluding hydrogens is 301 g/mol. The van der Waals surface area contributed by atoms with Crippen LogP contribution in [0.5, 0.6) is 0 Å². The predicted molar refractivity (Wildman–Crippen MR) is 86.8 cm³/mol. The number of nitrogens with zero attached hydrogens (tertiary/aromatic N) is 1. The fraction of sp³-hybridized carbons (Fsp3) is 0.278. The molecule has 1 atom stereocenters. The molecule has 0 fully saturated rings. The molecule has 2 aromatic rings. The monoisotopic (exact) mass is 317 g/mol. The number of aryl methyl sites for hydroxylation is 1. The fourth-order valence-corrected chi connectivity index (χ4v) is 3.09. The van der Waals surface area contributed by atoms with E-state index in [1.54, 1.807) is 23.1 Å². The Kier molecular flexibility index (Phi) is 4.16. The normalized spacial score (nSPS) is 17.2. The molecule has 0 aliphatic carbocycles. The van der Waals surface area contributed by atoms with Gasteiger partial charge in [-0.1, -0.05) is 23.7 Å². The topological polar surface area (TPSA) is 20.3 Å². The Balaban J connectivity index is 1.87. The molecule has 1 amide bonds. The van der Waals surface area contributed by atoms with Crippen molar-refractivity contribution < 1.29 is 9.18 Å². The van der Waals surface area contributed by atoms with E-state index in [-0.39, 0.29) is 17.8 Å². The van der Waals surface area contributed by atoms with Crippen molar-refractivity contribution in [2.45, 2.75) is 32.2 Å². The highest BCUT2D eigenvalue weighted by Crippen LogP contribution is 2.31. The second-order valence-electron chi connectivity index (χ2n) is 5.73. The summed E-state index contributed by atoms with van der Waals surface area (Å²) in [6, 6.07) is 12.1. The van der Waals surface area contributed by atoms with Gasteiger partial charge in [0.15, 0.2) is 0 Å². The number of amides is 1. The standard InChI is InChI=1S/C18H17ClFNO/c1-12-2-5-14-11-16(20)8-9-17(14)21(12)18(22)10-13-3-6-15(19)7-4-13/h3-4,6-9,11-12H,2,5,10H2,1H3/t12-/m1/s1. The Bertz CT molecular complexity index is 699. The van der Waals surface area contributed by atoms with E-state index in [1.165, 1.54) is 12.1 Å². The molecule has 0 saturated carbocycles. The highest BCUT2D eigenvalue weighted by Gasteiger charge is 2.28. The van der Waals surface area contributed by atoms with Crippen LogP contribution in [-0.2, 0) is 17.6 Å². The Labute approximate surface area is 134 Å². The molecular formula is C18H17ClFNO. The van der Waals surface area contributed by atoms with Crippen LogP contribution in [0.15, 0.2) is 42.5 Å². The summed E-state index contributed by atoms with van der Waals surface area (Å²) in [7, 11) is 0. The van der Waals surface area contributed by atoms with Gasteiger partial charge in [0.1, 0.15) is 5.82 Å². The van der Waals surface area contributed by atoms with Crippen LogP contribution < -0.4 is 4.90 Å². The molecule has 114 valence electrons. The van der Waals surface area contributed by atoms with E-state index in [9.17, 15) is 9.18 Å². The molecule has 0 radical (unpaired) electrons. The SMILES string of the molecule is C[C@@H]1CCc2cc(F)ccc2N1C(=O)Cc1ccc(Cl)cc1. The fourth-order valence-electron chi connectivity index (χ4n) is 2.96. The summed E-state index contributed by atoms with van der Waals surface area (Å²) in [6.45, 7) is 2.03. The quantitative estimate of drug-likeness (QED) is 0.804. The first-order chi connectivity index (χ1) is 10.5. The maximum Gasteiger partial charge on any atom is 0.231 e. The molecule has 2 aromatic carbocycles. The van der Waals surface area contributed by atoms with Crippen molar-refractivity contribution in [2.24, 2.45) is 0 Å². The van der Waals surface area contributed by atoms with Gasteiger partial charge in [-0.05, 0) is 61.2 Å². The lowest BCUT2D eigenvalue weighted by Gasteiger charge is -2.35. The van der Waals surface area contributed by atoms with Gasteiger partial charge in [-0.25, -0.2) is 4.39 Å². The minimum atomic E-state index is -0.251. The first kappa shape index (κ1) is 15.0. The van der Waals surface area contributed by atoms with Crippen LogP contribution in [0.1, 0.15) is 24.5 Å². The Morgan fingerprint density at radius 2 is 2.00 bits per heavy atom. The van der Waals surface area contributed by atoms with E-state index in [1.807, 2.05) is 19.1 Å². The summed E-state index contributed by atoms with van der Waals surface area (Å²) in [5.41, 5.74) is 2.66. The summed E-state index contributed by atoms with van der Waals surface area (Å²) in [4.78, 5) is 14.5. The number of halogens is 2. The lowest BCUT2D eigenvalue weighted by atomic mass is 9.95. The van der Waals surface area contributed by atoms with E-state index >= 15 is 0 Å². The molecule has 1 aliphatic rings. The van der Waals surface area contributed by atoms with Gasteiger partial charge in [-0.15, -0.1) is 0 Å². The second-order valence-corrected chi connectivity index (χ2v) is 6.16. The molecule has 0 N–H and O–H groups in total. The minimum Gasteiger partial charge on any atom is -0.309 e. The van der Waals surface area contributed by atoms with Crippen molar-refractivity contribution in [3.63, 3.8) is 0 Å². The number of benzene rings is 2. The largest absolute Gasteiger partial charge is 0.309 e. The van der Waals surface area contributed by atoms with Gasteiger partial charge in [0.05, 0.1) is 6.42 Å². The second kappa shape index (κ2) is 6.09. The van der Waals surface area contributed by atoms with Gasteiger partial charge in [0.2, 0.25) is 5.91 Å². The van der Waals surface area contributed by atoms with Crippen LogP contribution >= 0.6 is 11.6 Å². The van der Waals surface area contributed by atoms with Crippen LogP contribution in [0, 0.1) is 5.82 Å². The van der Waals surface area contributed by atoms with Gasteiger partial charge >= 0.3 is 0 Å². The summed E-state index contributed by atoms with van der Waals surface area (Å²) in [5, 5.41) is 0.656. The third-order valence-corrected chi connectivity index (χ3v) is 4.36. The van der Waals surface area contributed by atoms with Crippen molar-refractivity contribution in [2.75, 3.05) is 4.90 Å². The molecule has 2 nitrogen and oxygen atoms in total. The molecule has 22 heavy (non-hydrogen) atoms. The zero-order valence-corrected chi connectivity index (χ0v) is 13.1. The number of hydrogen-bond acceptors (Lipinski definition) is 1. The zero-order valence-electron chi connectivity index (χ0n) is 12.4. The Morgan fingerprint density at radius 3 is 2.73 bits per heavy atom. The van der Waals surface area contributed by atoms with E-state index in [0.29, 0.717) is 11.4 Å². The van der Waals surface area contributed by atoms with Crippen LogP contribution in [0.3, 0.4) is 0 Å². The number of carbonyl (C=O) groups excluding carboxylic acids is 1. The number of rotatable bonds is 2. The summed E-state index contributed by atoms with van der Waals surface area (Å²) in [5.74, 6) is -0.221. The lowest BCUT2D eigenvalue weighted by Crippen LogP contribution is -2.43. The van der Waals surface area contributed by atoms with Gasteiger partial charge in [0.25, 0.3) is 0 Å². The van der Waals surface area contributed by atoms with Crippen LogP contribution in [0.2, 0.25) is 5.02 Å². The van der Waals surface area contributed by atoms with Crippen LogP contribution in [0.25, 0.3) is 0 Å². The first-order valence-corrected chi connectivity index (χ1v) is 7.77. The zero-order chi connectivity index (χ0) is 15.7. The summed E-state index contributed by atoms with van der Waals surface area (Å²) in [6.07, 6.45) is 1.97. The van der Waals surface area contributed by atoms with E-state index in [4.69, 9.17) is 11.6 Å². The average molecular weight is 318 g/mol. The molecule has 0 spiro atoms. The van der Waals surface area contributed by atoms with E-state index < -0.39 is 0 Å². The first-order valence-electron chi connectivity index (χ1n) is 7.39. The summed E-state index contributed by atoms with van der Waals surface area (Å²) >= 11 is 5.87. The lowest BCUT2D eigenvalue weighted by molar-refractivity contribution is -0.118. The van der Waals surface area contributed by atoms with Crippen molar-refractivity contribution in [1.82, 2.24) is 0 Å². The van der Waals surface area contributed by atoms with E-state index in [2.05, 4.69) is 0 Å². The molecule has 3 rings (SSSR count). The number of carbonyl (C=O) groups is 1. The molecule has 4 heteroatoms. The minimum absolute atomic E-state index is 0.0300. The van der Waals surface area contributed by atoms with Gasteiger partial charge in [-0.3, -0.25) is 4.79 Å². The Hall–Kier alpha value is -1.87. The number of fused-ring (bicyclic) bond motifs is 1. The highest BCUT2D eigenvalue weighted by molar-refractivity contribution is 6.30. The molecule has 0 unspecified atom stereocenters. The van der Waals surface area contributed by atoms with Gasteiger partial charge < -0.3 is 4.90 Å². The molecule has 0 saturated heterocycles. The van der Waals surface area contributed by atoms with Crippen molar-refractivity contribution in [1.29, 1.82) is 0 Å². The molecule has 1 heterocycles. The molecule has 1 aliphatic heterocycles. The van der Waals surface area contributed by atoms with Crippen LogP contribution in [-0.4, -0.2) is 11.9 Å². The molecule has 0 aromatic heterocycles. The van der Waals surface area contributed by atoms with Gasteiger partial charge in [0, 0.05) is 16.8 Å². The number of hydrogen-bond donors (Lipinski definition) is 0. The smallest absolute Gasteiger partial charge is 0.231 e. The van der Waals surface area contributed by atoms with E-state index in [0.717, 1.165) is 29.7 Å². The van der Waals surface area contributed by atoms with Crippen molar-refractivity contribution >= 4 is 23.2 Å². The third kappa shape index (κ3) is 3.00. The third-order valence-electron chi connectivity index (χ3n) is 4.11. The summed E-state index contributed by atoms with van der Waals surface area (Å²) < 4.78 is 13.4. The van der Waals surface area contributed by atoms with Crippen molar-refractivity contribution in [3.05, 3.63) is 64.4 Å². The highest BCUT2D eigenvalue weighted by atomic mass is 35.5.